The molecule has 0 radical (unpaired) electrons. The van der Waals surface area contributed by atoms with Crippen molar-refractivity contribution in [1.29, 1.82) is 0 Å². The minimum atomic E-state index is -0.417. The summed E-state index contributed by atoms with van der Waals surface area (Å²) in [7, 11) is 0. The van der Waals surface area contributed by atoms with Gasteiger partial charge in [-0.05, 0) is 31.2 Å². The average molecular weight is 281 g/mol. The molecule has 0 aliphatic heterocycles. The van der Waals surface area contributed by atoms with Crippen LogP contribution in [0.2, 0.25) is 0 Å². The molecule has 0 bridgehead atoms. The molecule has 2 rings (SSSR count). The van der Waals surface area contributed by atoms with Gasteiger partial charge < -0.3 is 4.74 Å². The Hall–Kier alpha value is -1.20. The van der Waals surface area contributed by atoms with E-state index < -0.39 is 5.97 Å². The Bertz CT molecular complexity index is 426. The van der Waals surface area contributed by atoms with E-state index in [-0.39, 0.29) is 12.2 Å². The molecule has 1 heterocycles. The van der Waals surface area contributed by atoms with Gasteiger partial charge in [-0.15, -0.1) is 11.3 Å². The van der Waals surface area contributed by atoms with Crippen molar-refractivity contribution in [3.63, 3.8) is 0 Å². The van der Waals surface area contributed by atoms with Crippen LogP contribution in [0.5, 0.6) is 0 Å². The number of ketones is 1. The molecule has 1 aliphatic rings. The van der Waals surface area contributed by atoms with E-state index in [2.05, 4.69) is 11.0 Å². The smallest absolute Gasteiger partial charge is 0.313 e. The second-order valence-electron chi connectivity index (χ2n) is 4.74. The van der Waals surface area contributed by atoms with Crippen LogP contribution >= 0.6 is 11.3 Å². The molecule has 1 aliphatic carbocycles. The number of carbonyl (C=O) groups is 2. The lowest BCUT2D eigenvalue weighted by atomic mass is 10.2. The van der Waals surface area contributed by atoms with E-state index in [4.69, 9.17) is 4.74 Å². The van der Waals surface area contributed by atoms with Crippen molar-refractivity contribution in [1.82, 2.24) is 4.90 Å². The van der Waals surface area contributed by atoms with E-state index in [0.717, 1.165) is 19.4 Å². The van der Waals surface area contributed by atoms with Gasteiger partial charge in [-0.2, -0.15) is 0 Å². The van der Waals surface area contributed by atoms with E-state index in [0.29, 0.717) is 19.2 Å². The van der Waals surface area contributed by atoms with E-state index >= 15 is 0 Å². The fraction of sp³-hybridized carbons (Fsp3) is 0.571. The zero-order valence-corrected chi connectivity index (χ0v) is 11.9. The van der Waals surface area contributed by atoms with Crippen molar-refractivity contribution in [2.45, 2.75) is 38.8 Å². The van der Waals surface area contributed by atoms with Gasteiger partial charge in [0.25, 0.3) is 0 Å². The van der Waals surface area contributed by atoms with Crippen LogP contribution in [0.15, 0.2) is 17.5 Å². The summed E-state index contributed by atoms with van der Waals surface area (Å²) < 4.78 is 4.80. The lowest BCUT2D eigenvalue weighted by molar-refractivity contribution is -0.145. The van der Waals surface area contributed by atoms with Gasteiger partial charge in [-0.3, -0.25) is 14.5 Å². The number of ether oxygens (including phenoxy) is 1. The normalized spacial score (nSPS) is 14.6. The van der Waals surface area contributed by atoms with Crippen molar-refractivity contribution >= 4 is 23.1 Å². The first-order valence-electron chi connectivity index (χ1n) is 6.62. The highest BCUT2D eigenvalue weighted by Gasteiger charge is 2.30. The summed E-state index contributed by atoms with van der Waals surface area (Å²) >= 11 is 1.70. The molecule has 0 N–H and O–H groups in total. The Morgan fingerprint density at radius 3 is 2.84 bits per heavy atom. The molecule has 1 aromatic rings. The molecule has 1 saturated carbocycles. The molecule has 0 spiro atoms. The number of hydrogen-bond donors (Lipinski definition) is 0. The fourth-order valence-electron chi connectivity index (χ4n) is 2.01. The highest BCUT2D eigenvalue weighted by molar-refractivity contribution is 7.09. The van der Waals surface area contributed by atoms with Gasteiger partial charge in [0.15, 0.2) is 5.78 Å². The molecule has 0 unspecified atom stereocenters. The molecular weight excluding hydrogens is 262 g/mol. The highest BCUT2D eigenvalue weighted by Crippen LogP contribution is 2.29. The third-order valence-corrected chi connectivity index (χ3v) is 3.89. The molecule has 104 valence electrons. The summed E-state index contributed by atoms with van der Waals surface area (Å²) in [5.74, 6) is -0.471. The third-order valence-electron chi connectivity index (χ3n) is 3.03. The van der Waals surface area contributed by atoms with Crippen LogP contribution < -0.4 is 0 Å². The predicted molar refractivity (Wildman–Crippen MR) is 74.0 cm³/mol. The molecule has 0 saturated heterocycles. The summed E-state index contributed by atoms with van der Waals surface area (Å²) in [4.78, 5) is 26.6. The lowest BCUT2D eigenvalue weighted by Gasteiger charge is -2.20. The summed E-state index contributed by atoms with van der Waals surface area (Å²) in [6.07, 6.45) is 2.19. The Morgan fingerprint density at radius 2 is 2.26 bits per heavy atom. The van der Waals surface area contributed by atoms with Crippen molar-refractivity contribution in [3.8, 4) is 0 Å². The Balaban J connectivity index is 1.83. The van der Waals surface area contributed by atoms with Crippen molar-refractivity contribution in [3.05, 3.63) is 22.4 Å². The molecule has 1 aromatic heterocycles. The van der Waals surface area contributed by atoms with Gasteiger partial charge in [-0.25, -0.2) is 0 Å². The van der Waals surface area contributed by atoms with Crippen LogP contribution in [0, 0.1) is 0 Å². The van der Waals surface area contributed by atoms with E-state index in [1.54, 1.807) is 18.3 Å². The van der Waals surface area contributed by atoms with Crippen LogP contribution in [0.1, 0.15) is 31.1 Å². The second kappa shape index (κ2) is 6.82. The molecule has 1 fully saturated rings. The van der Waals surface area contributed by atoms with Crippen LogP contribution in [-0.2, 0) is 20.9 Å². The number of Topliss-reactive ketones (excluding diaryl/α,β-unsaturated/α-hetero) is 1. The first-order valence-corrected chi connectivity index (χ1v) is 7.50. The summed E-state index contributed by atoms with van der Waals surface area (Å²) in [6.45, 7) is 3.22. The molecule has 0 aromatic carbocycles. The number of rotatable bonds is 8. The van der Waals surface area contributed by atoms with Crippen molar-refractivity contribution in [2.24, 2.45) is 0 Å². The first kappa shape index (κ1) is 14.2. The molecular formula is C14H19NO3S. The number of hydrogen-bond acceptors (Lipinski definition) is 5. The van der Waals surface area contributed by atoms with E-state index in [1.165, 1.54) is 4.88 Å². The summed E-state index contributed by atoms with van der Waals surface area (Å²) in [5.41, 5.74) is 0. The third kappa shape index (κ3) is 4.76. The number of esters is 1. The zero-order valence-electron chi connectivity index (χ0n) is 11.1. The standard InChI is InChI=1S/C14H19NO3S/c1-2-18-14(17)8-12(16)9-15(11-5-6-11)10-13-4-3-7-19-13/h3-4,7,11H,2,5-6,8-10H2,1H3. The topological polar surface area (TPSA) is 46.6 Å². The second-order valence-corrected chi connectivity index (χ2v) is 5.77. The predicted octanol–water partition coefficient (Wildman–Crippen LogP) is 2.23. The van der Waals surface area contributed by atoms with Crippen LogP contribution in [0.4, 0.5) is 0 Å². The van der Waals surface area contributed by atoms with Crippen LogP contribution in [0.3, 0.4) is 0 Å². The van der Waals surface area contributed by atoms with Gasteiger partial charge >= 0.3 is 5.97 Å². The SMILES string of the molecule is CCOC(=O)CC(=O)CN(Cc1cccs1)C1CC1. The van der Waals surface area contributed by atoms with Crippen molar-refractivity contribution < 1.29 is 14.3 Å². The molecule has 5 heteroatoms. The lowest BCUT2D eigenvalue weighted by Crippen LogP contribution is -2.32. The maximum absolute atomic E-state index is 11.9. The van der Waals surface area contributed by atoms with Gasteiger partial charge in [-0.1, -0.05) is 6.07 Å². The maximum atomic E-state index is 11.9. The summed E-state index contributed by atoms with van der Waals surface area (Å²) in [6, 6.07) is 4.61. The van der Waals surface area contributed by atoms with E-state index in [9.17, 15) is 9.59 Å². The Kier molecular flexibility index (Phi) is 5.10. The van der Waals surface area contributed by atoms with Gasteiger partial charge in [0, 0.05) is 17.5 Å². The first-order chi connectivity index (χ1) is 9.19. The number of nitrogens with zero attached hydrogens (tertiary/aromatic N) is 1. The van der Waals surface area contributed by atoms with E-state index in [1.807, 2.05) is 11.4 Å². The van der Waals surface area contributed by atoms with Crippen LogP contribution in [-0.4, -0.2) is 35.8 Å². The number of carbonyl (C=O) groups excluding carboxylic acids is 2. The highest BCUT2D eigenvalue weighted by atomic mass is 32.1. The molecule has 0 atom stereocenters. The summed E-state index contributed by atoms with van der Waals surface area (Å²) in [5, 5.41) is 2.04. The van der Waals surface area contributed by atoms with Gasteiger partial charge in [0.05, 0.1) is 13.2 Å². The largest absolute Gasteiger partial charge is 0.466 e. The average Bonchev–Trinajstić information content (AvgIpc) is 3.08. The Morgan fingerprint density at radius 1 is 1.47 bits per heavy atom. The molecule has 19 heavy (non-hydrogen) atoms. The number of thiophene rings is 1. The van der Waals surface area contributed by atoms with Gasteiger partial charge in [0.1, 0.15) is 6.42 Å². The van der Waals surface area contributed by atoms with Crippen LogP contribution in [0.25, 0.3) is 0 Å². The molecule has 0 amide bonds. The van der Waals surface area contributed by atoms with Crippen molar-refractivity contribution in [2.75, 3.05) is 13.2 Å². The minimum absolute atomic E-state index is 0.0538. The minimum Gasteiger partial charge on any atom is -0.466 e. The fourth-order valence-corrected chi connectivity index (χ4v) is 2.74. The zero-order chi connectivity index (χ0) is 13.7. The van der Waals surface area contributed by atoms with Gasteiger partial charge in [0.2, 0.25) is 0 Å². The molecule has 4 nitrogen and oxygen atoms in total. The monoisotopic (exact) mass is 281 g/mol. The quantitative estimate of drug-likeness (QED) is 0.541. The maximum Gasteiger partial charge on any atom is 0.313 e. The Labute approximate surface area is 117 Å².